The van der Waals surface area contributed by atoms with Crippen molar-refractivity contribution in [1.29, 1.82) is 0 Å². The highest BCUT2D eigenvalue weighted by Crippen LogP contribution is 2.33. The number of amides is 1. The molecule has 2 aromatic heterocycles. The van der Waals surface area contributed by atoms with E-state index in [1.54, 1.807) is 18.4 Å². The van der Waals surface area contributed by atoms with Crippen LogP contribution in [-0.4, -0.2) is 39.2 Å². The van der Waals surface area contributed by atoms with Gasteiger partial charge in [0.15, 0.2) is 12.3 Å². The lowest BCUT2D eigenvalue weighted by Gasteiger charge is -2.19. The lowest BCUT2D eigenvalue weighted by atomic mass is 10.0. The van der Waals surface area contributed by atoms with E-state index in [4.69, 9.17) is 9.15 Å². The van der Waals surface area contributed by atoms with Crippen LogP contribution in [0.4, 0.5) is 0 Å². The number of hydrogen-bond donors (Lipinski definition) is 0. The quantitative estimate of drug-likeness (QED) is 0.621. The number of benzene rings is 1. The summed E-state index contributed by atoms with van der Waals surface area (Å²) in [6.45, 7) is 1.55. The Morgan fingerprint density at radius 3 is 2.72 bits per heavy atom. The van der Waals surface area contributed by atoms with Crippen molar-refractivity contribution < 1.29 is 18.7 Å². The molecule has 0 unspecified atom stereocenters. The summed E-state index contributed by atoms with van der Waals surface area (Å²) in [5.74, 6) is -0.557. The third-order valence-electron chi connectivity index (χ3n) is 4.52. The van der Waals surface area contributed by atoms with E-state index in [2.05, 4.69) is 15.1 Å². The van der Waals surface area contributed by atoms with Crippen molar-refractivity contribution in [2.45, 2.75) is 19.4 Å². The fraction of sp³-hybridized carbons (Fsp3) is 0.190. The maximum Gasteiger partial charge on any atom is 0.359 e. The third kappa shape index (κ3) is 4.06. The van der Waals surface area contributed by atoms with Gasteiger partial charge in [-0.2, -0.15) is 5.10 Å². The molecule has 0 radical (unpaired) electrons. The van der Waals surface area contributed by atoms with E-state index in [0.717, 1.165) is 16.8 Å². The van der Waals surface area contributed by atoms with Crippen LogP contribution in [0.1, 0.15) is 39.8 Å². The number of esters is 1. The Hall–Kier alpha value is -3.81. The topological polar surface area (TPSA) is 97.9 Å². The number of furan rings is 1. The Kier molecular flexibility index (Phi) is 5.15. The van der Waals surface area contributed by atoms with Gasteiger partial charge in [0.25, 0.3) is 5.91 Å². The molecule has 1 aliphatic heterocycles. The number of ether oxygens (including phenoxy) is 1. The predicted octanol–water partition coefficient (Wildman–Crippen LogP) is 2.91. The molecule has 0 spiro atoms. The van der Waals surface area contributed by atoms with Crippen molar-refractivity contribution in [2.24, 2.45) is 5.10 Å². The Bertz CT molecular complexity index is 1030. The maximum atomic E-state index is 12.8. The summed E-state index contributed by atoms with van der Waals surface area (Å²) in [6.07, 6.45) is 6.16. The van der Waals surface area contributed by atoms with Gasteiger partial charge >= 0.3 is 5.97 Å². The fourth-order valence-electron chi connectivity index (χ4n) is 3.04. The Labute approximate surface area is 166 Å². The molecule has 1 amide bonds. The molecule has 1 aromatic carbocycles. The molecule has 0 fully saturated rings. The molecule has 1 atom stereocenters. The van der Waals surface area contributed by atoms with E-state index in [0.29, 0.717) is 12.2 Å². The van der Waals surface area contributed by atoms with Crippen LogP contribution in [0.15, 0.2) is 70.8 Å². The molecule has 8 nitrogen and oxygen atoms in total. The average molecular weight is 390 g/mol. The van der Waals surface area contributed by atoms with E-state index in [-0.39, 0.29) is 5.69 Å². The van der Waals surface area contributed by atoms with Crippen LogP contribution in [0.2, 0.25) is 0 Å². The molecule has 4 rings (SSSR count). The summed E-state index contributed by atoms with van der Waals surface area (Å²) in [7, 11) is 0. The van der Waals surface area contributed by atoms with Gasteiger partial charge in [0, 0.05) is 18.8 Å². The van der Waals surface area contributed by atoms with Gasteiger partial charge < -0.3 is 9.15 Å². The van der Waals surface area contributed by atoms with Crippen LogP contribution < -0.4 is 0 Å². The smallest absolute Gasteiger partial charge is 0.359 e. The predicted molar refractivity (Wildman–Crippen MR) is 103 cm³/mol. The molecular weight excluding hydrogens is 372 g/mol. The molecule has 0 aliphatic carbocycles. The minimum Gasteiger partial charge on any atom is -0.467 e. The zero-order valence-corrected chi connectivity index (χ0v) is 15.7. The summed E-state index contributed by atoms with van der Waals surface area (Å²) in [4.78, 5) is 32.5. The highest BCUT2D eigenvalue weighted by atomic mass is 16.5. The molecule has 0 bridgehead atoms. The molecular formula is C21H18N4O4. The molecule has 146 valence electrons. The van der Waals surface area contributed by atoms with E-state index in [9.17, 15) is 9.59 Å². The highest BCUT2D eigenvalue weighted by Gasteiger charge is 2.35. The lowest BCUT2D eigenvalue weighted by molar-refractivity contribution is -0.136. The van der Waals surface area contributed by atoms with Gasteiger partial charge in [0.05, 0.1) is 18.2 Å². The molecule has 29 heavy (non-hydrogen) atoms. The monoisotopic (exact) mass is 390 g/mol. The largest absolute Gasteiger partial charge is 0.467 e. The molecule has 1 aliphatic rings. The zero-order valence-electron chi connectivity index (χ0n) is 15.7. The summed E-state index contributed by atoms with van der Waals surface area (Å²) >= 11 is 0. The molecule has 3 heterocycles. The van der Waals surface area contributed by atoms with Crippen molar-refractivity contribution in [3.8, 4) is 0 Å². The first-order chi connectivity index (χ1) is 14.1. The number of carbonyl (C=O) groups is 2. The van der Waals surface area contributed by atoms with Gasteiger partial charge in [0.1, 0.15) is 11.8 Å². The van der Waals surface area contributed by atoms with Crippen LogP contribution in [0.3, 0.4) is 0 Å². The molecule has 0 N–H and O–H groups in total. The van der Waals surface area contributed by atoms with Gasteiger partial charge in [-0.15, -0.1) is 0 Å². The molecule has 8 heteroatoms. The molecule has 0 saturated heterocycles. The highest BCUT2D eigenvalue weighted by molar-refractivity contribution is 6.03. The Balaban J connectivity index is 1.52. The van der Waals surface area contributed by atoms with Crippen LogP contribution >= 0.6 is 0 Å². The molecule has 0 saturated carbocycles. The van der Waals surface area contributed by atoms with Crippen molar-refractivity contribution in [3.05, 3.63) is 83.8 Å². The molecule has 3 aromatic rings. The van der Waals surface area contributed by atoms with Gasteiger partial charge in [0.2, 0.25) is 0 Å². The van der Waals surface area contributed by atoms with Crippen molar-refractivity contribution >= 4 is 17.6 Å². The van der Waals surface area contributed by atoms with Gasteiger partial charge in [-0.05, 0) is 24.6 Å². The number of nitrogens with zero attached hydrogens (tertiary/aromatic N) is 4. The first kappa shape index (κ1) is 18.5. The van der Waals surface area contributed by atoms with Gasteiger partial charge in [-0.25, -0.2) is 14.8 Å². The van der Waals surface area contributed by atoms with E-state index in [1.165, 1.54) is 23.6 Å². The first-order valence-electron chi connectivity index (χ1n) is 9.05. The average Bonchev–Trinajstić information content (AvgIpc) is 3.43. The van der Waals surface area contributed by atoms with Crippen molar-refractivity contribution in [1.82, 2.24) is 15.0 Å². The SMILES string of the molecule is Cc1ccc(C2=NN(C(=O)COC(=O)c3cnccn3)[C@@H](c3ccco3)C2)cc1. The second kappa shape index (κ2) is 8.05. The first-order valence-corrected chi connectivity index (χ1v) is 9.05. The lowest BCUT2D eigenvalue weighted by Crippen LogP contribution is -2.31. The third-order valence-corrected chi connectivity index (χ3v) is 4.52. The van der Waals surface area contributed by atoms with E-state index >= 15 is 0 Å². The van der Waals surface area contributed by atoms with Gasteiger partial charge in [-0.3, -0.25) is 9.78 Å². The second-order valence-electron chi connectivity index (χ2n) is 6.55. The van der Waals surface area contributed by atoms with E-state index < -0.39 is 24.5 Å². The Morgan fingerprint density at radius 2 is 2.03 bits per heavy atom. The number of hydrazone groups is 1. The number of rotatable bonds is 5. The van der Waals surface area contributed by atoms with Crippen LogP contribution in [0.25, 0.3) is 0 Å². The number of carbonyl (C=O) groups excluding carboxylic acids is 2. The van der Waals surface area contributed by atoms with Crippen LogP contribution in [-0.2, 0) is 9.53 Å². The normalized spacial score (nSPS) is 15.8. The minimum atomic E-state index is -0.720. The summed E-state index contributed by atoms with van der Waals surface area (Å²) < 4.78 is 10.6. The van der Waals surface area contributed by atoms with Crippen molar-refractivity contribution in [3.63, 3.8) is 0 Å². The maximum absolute atomic E-state index is 12.8. The fourth-order valence-corrected chi connectivity index (χ4v) is 3.04. The summed E-state index contributed by atoms with van der Waals surface area (Å²) in [6, 6.07) is 11.1. The zero-order chi connectivity index (χ0) is 20.2. The Morgan fingerprint density at radius 1 is 1.21 bits per heavy atom. The summed E-state index contributed by atoms with van der Waals surface area (Å²) in [5, 5.41) is 5.81. The summed E-state index contributed by atoms with van der Waals surface area (Å²) in [5.41, 5.74) is 2.87. The number of aryl methyl sites for hydroxylation is 1. The van der Waals surface area contributed by atoms with E-state index in [1.807, 2.05) is 31.2 Å². The number of hydrogen-bond acceptors (Lipinski definition) is 7. The standard InChI is InChI=1S/C21H18N4O4/c1-14-4-6-15(7-5-14)16-11-18(19-3-2-10-28-19)25(24-16)20(26)13-29-21(27)17-12-22-8-9-23-17/h2-10,12,18H,11,13H2,1H3/t18-/m1/s1. The van der Waals surface area contributed by atoms with Gasteiger partial charge in [-0.1, -0.05) is 29.8 Å². The number of aromatic nitrogens is 2. The van der Waals surface area contributed by atoms with Crippen LogP contribution in [0, 0.1) is 6.92 Å². The van der Waals surface area contributed by atoms with Crippen LogP contribution in [0.5, 0.6) is 0 Å². The minimum absolute atomic E-state index is 0.0353. The van der Waals surface area contributed by atoms with Crippen molar-refractivity contribution in [2.75, 3.05) is 6.61 Å². The second-order valence-corrected chi connectivity index (χ2v) is 6.55.